The number of thioether (sulfide) groups is 1. The molecular weight excluding hydrogens is 262 g/mol. The second-order valence-corrected chi connectivity index (χ2v) is 5.41. The minimum Gasteiger partial charge on any atom is -0.488 e. The Bertz CT molecular complexity index is 432. The fraction of sp³-hybridized carbons (Fsp3) is 0.615. The lowest BCUT2D eigenvalue weighted by atomic mass is 10.0. The van der Waals surface area contributed by atoms with E-state index in [0.717, 1.165) is 23.8 Å². The van der Waals surface area contributed by atoms with E-state index in [1.54, 1.807) is 17.8 Å². The molecule has 2 heterocycles. The van der Waals surface area contributed by atoms with Crippen molar-refractivity contribution in [1.29, 1.82) is 0 Å². The molecule has 5 nitrogen and oxygen atoms in total. The zero-order chi connectivity index (χ0) is 13.7. The van der Waals surface area contributed by atoms with Gasteiger partial charge in [-0.25, -0.2) is 9.98 Å². The van der Waals surface area contributed by atoms with E-state index in [1.165, 1.54) is 0 Å². The summed E-state index contributed by atoms with van der Waals surface area (Å²) in [5, 5.41) is 3.60. The van der Waals surface area contributed by atoms with Gasteiger partial charge in [-0.1, -0.05) is 25.1 Å². The molecular formula is C13H19N3O2S. The van der Waals surface area contributed by atoms with Crippen LogP contribution < -0.4 is 5.32 Å². The van der Waals surface area contributed by atoms with Crippen LogP contribution in [0.1, 0.15) is 26.7 Å². The highest BCUT2D eigenvalue weighted by Crippen LogP contribution is 2.22. The number of hydrogen-bond donors (Lipinski definition) is 1. The summed E-state index contributed by atoms with van der Waals surface area (Å²) < 4.78 is 5.28. The lowest BCUT2D eigenvalue weighted by molar-refractivity contribution is -0.122. The molecule has 0 saturated carbocycles. The molecule has 0 spiro atoms. The van der Waals surface area contributed by atoms with E-state index in [1.807, 2.05) is 13.1 Å². The van der Waals surface area contributed by atoms with E-state index in [9.17, 15) is 4.79 Å². The van der Waals surface area contributed by atoms with Gasteiger partial charge < -0.3 is 10.1 Å². The molecule has 0 aromatic heterocycles. The van der Waals surface area contributed by atoms with Crippen LogP contribution in [-0.4, -0.2) is 35.8 Å². The Morgan fingerprint density at radius 2 is 2.32 bits per heavy atom. The fourth-order valence-electron chi connectivity index (χ4n) is 1.84. The Kier molecular flexibility index (Phi) is 5.01. The summed E-state index contributed by atoms with van der Waals surface area (Å²) in [6.07, 6.45) is 5.71. The SMILES string of the molecule is CCCCSC1=NC2NC(=O)C(OCC)=CC2C=N1. The van der Waals surface area contributed by atoms with Gasteiger partial charge in [0.25, 0.3) is 5.91 Å². The number of unbranched alkanes of at least 4 members (excludes halogenated alkanes) is 1. The van der Waals surface area contributed by atoms with E-state index >= 15 is 0 Å². The largest absolute Gasteiger partial charge is 0.488 e. The number of nitrogens with zero attached hydrogens (tertiary/aromatic N) is 2. The van der Waals surface area contributed by atoms with Crippen LogP contribution in [0.4, 0.5) is 0 Å². The van der Waals surface area contributed by atoms with E-state index in [2.05, 4.69) is 22.2 Å². The number of nitrogens with one attached hydrogen (secondary N) is 1. The molecule has 0 fully saturated rings. The minimum absolute atomic E-state index is 0.00484. The first kappa shape index (κ1) is 14.1. The average molecular weight is 281 g/mol. The number of carbonyl (C=O) groups excluding carboxylic acids is 1. The van der Waals surface area contributed by atoms with Crippen LogP contribution in [0.2, 0.25) is 0 Å². The molecule has 2 aliphatic rings. The van der Waals surface area contributed by atoms with E-state index in [0.29, 0.717) is 12.4 Å². The standard InChI is InChI=1S/C13H19N3O2S/c1-3-5-6-19-13-14-8-9-7-10(18-4-2)12(17)15-11(9)16-13/h7-9,11H,3-6H2,1-2H3,(H,15,17). The van der Waals surface area contributed by atoms with Crippen molar-refractivity contribution in [3.05, 3.63) is 11.8 Å². The summed E-state index contributed by atoms with van der Waals surface area (Å²) in [7, 11) is 0. The molecule has 0 saturated heterocycles. The molecule has 19 heavy (non-hydrogen) atoms. The van der Waals surface area contributed by atoms with Crippen LogP contribution in [0.3, 0.4) is 0 Å². The van der Waals surface area contributed by atoms with Crippen LogP contribution in [0.25, 0.3) is 0 Å². The van der Waals surface area contributed by atoms with Crippen LogP contribution in [0.15, 0.2) is 21.8 Å². The fourth-order valence-corrected chi connectivity index (χ4v) is 2.78. The third-order valence-electron chi connectivity index (χ3n) is 2.85. The number of hydrogen-bond acceptors (Lipinski definition) is 5. The van der Waals surface area contributed by atoms with Crippen LogP contribution in [-0.2, 0) is 9.53 Å². The van der Waals surface area contributed by atoms with E-state index in [-0.39, 0.29) is 18.0 Å². The smallest absolute Gasteiger partial charge is 0.287 e. The summed E-state index contributed by atoms with van der Waals surface area (Å²) in [4.78, 5) is 20.6. The molecule has 104 valence electrons. The van der Waals surface area contributed by atoms with Crippen molar-refractivity contribution in [2.75, 3.05) is 12.4 Å². The molecule has 0 bridgehead atoms. The monoisotopic (exact) mass is 281 g/mol. The van der Waals surface area contributed by atoms with E-state index < -0.39 is 0 Å². The number of carbonyl (C=O) groups is 1. The molecule has 1 N–H and O–H groups in total. The lowest BCUT2D eigenvalue weighted by Crippen LogP contribution is -2.45. The van der Waals surface area contributed by atoms with Gasteiger partial charge in [0.2, 0.25) is 0 Å². The van der Waals surface area contributed by atoms with Crippen molar-refractivity contribution in [3.63, 3.8) is 0 Å². The topological polar surface area (TPSA) is 63.0 Å². The number of aliphatic imine (C=N–C) groups is 2. The molecule has 0 aliphatic carbocycles. The number of amidine groups is 1. The van der Waals surface area contributed by atoms with Gasteiger partial charge >= 0.3 is 0 Å². The van der Waals surface area contributed by atoms with Crippen molar-refractivity contribution in [1.82, 2.24) is 5.32 Å². The lowest BCUT2D eigenvalue weighted by Gasteiger charge is -2.28. The molecule has 0 radical (unpaired) electrons. The van der Waals surface area contributed by atoms with Crippen molar-refractivity contribution in [2.45, 2.75) is 32.9 Å². The first-order valence-electron chi connectivity index (χ1n) is 6.64. The normalized spacial score (nSPS) is 25.3. The Labute approximate surface area is 117 Å². The Morgan fingerprint density at radius 3 is 3.05 bits per heavy atom. The maximum absolute atomic E-state index is 11.8. The second kappa shape index (κ2) is 6.75. The summed E-state index contributed by atoms with van der Waals surface area (Å²) in [6.45, 7) is 4.49. The molecule has 2 atom stereocenters. The van der Waals surface area contributed by atoms with Gasteiger partial charge in [-0.3, -0.25) is 4.79 Å². The third kappa shape index (κ3) is 3.59. The molecule has 2 aliphatic heterocycles. The first-order chi connectivity index (χ1) is 9.24. The maximum Gasteiger partial charge on any atom is 0.287 e. The number of amides is 1. The van der Waals surface area contributed by atoms with Crippen molar-refractivity contribution in [3.8, 4) is 0 Å². The highest BCUT2D eigenvalue weighted by atomic mass is 32.2. The summed E-state index contributed by atoms with van der Waals surface area (Å²) in [5.74, 6) is 1.18. The number of ether oxygens (including phenoxy) is 1. The van der Waals surface area contributed by atoms with Gasteiger partial charge in [-0.2, -0.15) is 0 Å². The summed E-state index contributed by atoms with van der Waals surface area (Å²) >= 11 is 1.64. The van der Waals surface area contributed by atoms with Crippen molar-refractivity contribution >= 4 is 29.1 Å². The van der Waals surface area contributed by atoms with Gasteiger partial charge in [0.15, 0.2) is 10.9 Å². The Hall–Kier alpha value is -1.30. The van der Waals surface area contributed by atoms with Gasteiger partial charge in [0.05, 0.1) is 12.5 Å². The van der Waals surface area contributed by atoms with Crippen LogP contribution in [0.5, 0.6) is 0 Å². The molecule has 2 unspecified atom stereocenters. The van der Waals surface area contributed by atoms with Gasteiger partial charge in [0, 0.05) is 12.0 Å². The zero-order valence-electron chi connectivity index (χ0n) is 11.3. The highest BCUT2D eigenvalue weighted by Gasteiger charge is 2.31. The summed E-state index contributed by atoms with van der Waals surface area (Å²) in [6, 6.07) is 0. The van der Waals surface area contributed by atoms with Crippen molar-refractivity contribution < 1.29 is 9.53 Å². The van der Waals surface area contributed by atoms with Gasteiger partial charge in [-0.05, 0) is 19.4 Å². The van der Waals surface area contributed by atoms with E-state index in [4.69, 9.17) is 4.74 Å². The number of fused-ring (bicyclic) bond motifs is 1. The predicted molar refractivity (Wildman–Crippen MR) is 78.4 cm³/mol. The molecule has 0 aromatic carbocycles. The predicted octanol–water partition coefficient (Wildman–Crippen LogP) is 1.95. The van der Waals surface area contributed by atoms with Crippen LogP contribution >= 0.6 is 11.8 Å². The second-order valence-electron chi connectivity index (χ2n) is 4.35. The molecule has 6 heteroatoms. The molecule has 0 aromatic rings. The minimum atomic E-state index is -0.238. The first-order valence-corrected chi connectivity index (χ1v) is 7.63. The van der Waals surface area contributed by atoms with Gasteiger partial charge in [0.1, 0.15) is 6.17 Å². The van der Waals surface area contributed by atoms with Crippen LogP contribution in [0, 0.1) is 5.92 Å². The average Bonchev–Trinajstić information content (AvgIpc) is 2.40. The maximum atomic E-state index is 11.8. The Morgan fingerprint density at radius 1 is 1.47 bits per heavy atom. The summed E-state index contributed by atoms with van der Waals surface area (Å²) in [5.41, 5.74) is 0. The molecule has 1 amide bonds. The third-order valence-corrected chi connectivity index (χ3v) is 3.81. The Balaban J connectivity index is 2.00. The zero-order valence-corrected chi connectivity index (χ0v) is 12.1. The molecule has 2 rings (SSSR count). The van der Waals surface area contributed by atoms with Gasteiger partial charge in [-0.15, -0.1) is 0 Å². The quantitative estimate of drug-likeness (QED) is 0.783. The highest BCUT2D eigenvalue weighted by molar-refractivity contribution is 8.13. The number of rotatable bonds is 5. The van der Waals surface area contributed by atoms with Crippen molar-refractivity contribution in [2.24, 2.45) is 15.9 Å².